The molecule has 0 radical (unpaired) electrons. The van der Waals surface area contributed by atoms with Crippen LogP contribution in [-0.4, -0.2) is 12.3 Å². The van der Waals surface area contributed by atoms with E-state index in [-0.39, 0.29) is 0 Å². The van der Waals surface area contributed by atoms with Gasteiger partial charge in [0.25, 0.3) is 0 Å². The van der Waals surface area contributed by atoms with Gasteiger partial charge in [-0.1, -0.05) is 36.6 Å². The van der Waals surface area contributed by atoms with Gasteiger partial charge in [-0.2, -0.15) is 0 Å². The van der Waals surface area contributed by atoms with E-state index in [1.807, 2.05) is 0 Å². The topological polar surface area (TPSA) is 24.1 Å². The highest BCUT2D eigenvalue weighted by Gasteiger charge is 2.19. The summed E-state index contributed by atoms with van der Waals surface area (Å²) in [5.41, 5.74) is 5.75. The van der Waals surface area contributed by atoms with Crippen LogP contribution in [0.2, 0.25) is 0 Å². The van der Waals surface area contributed by atoms with Gasteiger partial charge in [-0.3, -0.25) is 4.72 Å². The summed E-state index contributed by atoms with van der Waals surface area (Å²) in [5.74, 6) is 0. The monoisotopic (exact) mass is 250 g/mol. The molecular formula is C14H22N2S. The molecule has 0 aromatic rings. The second-order valence-corrected chi connectivity index (χ2v) is 5.36. The predicted molar refractivity (Wildman–Crippen MR) is 76.6 cm³/mol. The number of rotatable bonds is 3. The molecular weight excluding hydrogens is 228 g/mol. The van der Waals surface area contributed by atoms with E-state index >= 15 is 0 Å². The molecule has 2 aliphatic rings. The Bertz CT molecular complexity index is 380. The summed E-state index contributed by atoms with van der Waals surface area (Å²) >= 11 is 1.72. The zero-order valence-corrected chi connectivity index (χ0v) is 11.8. The molecule has 0 amide bonds. The van der Waals surface area contributed by atoms with Crippen molar-refractivity contribution in [2.24, 2.45) is 0 Å². The zero-order valence-electron chi connectivity index (χ0n) is 11.0. The van der Waals surface area contributed by atoms with E-state index in [0.29, 0.717) is 6.04 Å². The second-order valence-electron chi connectivity index (χ2n) is 4.72. The Morgan fingerprint density at radius 1 is 1.53 bits per heavy atom. The van der Waals surface area contributed by atoms with E-state index in [9.17, 15) is 0 Å². The molecule has 1 aliphatic heterocycles. The Hall–Kier alpha value is -0.670. The van der Waals surface area contributed by atoms with E-state index < -0.39 is 0 Å². The third kappa shape index (κ3) is 2.96. The molecule has 2 nitrogen and oxygen atoms in total. The number of allylic oxidation sites excluding steroid dienone is 5. The van der Waals surface area contributed by atoms with Crippen LogP contribution in [0.1, 0.15) is 39.5 Å². The van der Waals surface area contributed by atoms with Crippen LogP contribution in [0.4, 0.5) is 0 Å². The Labute approximate surface area is 109 Å². The average molecular weight is 250 g/mol. The van der Waals surface area contributed by atoms with Crippen LogP contribution in [0, 0.1) is 0 Å². The highest BCUT2D eigenvalue weighted by atomic mass is 32.2. The van der Waals surface area contributed by atoms with E-state index in [4.69, 9.17) is 0 Å². The van der Waals surface area contributed by atoms with Gasteiger partial charge >= 0.3 is 0 Å². The highest BCUT2D eigenvalue weighted by molar-refractivity contribution is 7.96. The molecule has 3 heteroatoms. The van der Waals surface area contributed by atoms with Crippen LogP contribution >= 0.6 is 11.9 Å². The molecule has 17 heavy (non-hydrogen) atoms. The highest BCUT2D eigenvalue weighted by Crippen LogP contribution is 2.28. The van der Waals surface area contributed by atoms with Gasteiger partial charge in [-0.05, 0) is 44.4 Å². The maximum atomic E-state index is 3.59. The molecule has 2 N–H and O–H groups in total. The molecule has 0 saturated carbocycles. The first-order valence-electron chi connectivity index (χ1n) is 6.39. The van der Waals surface area contributed by atoms with Crippen LogP contribution in [0.3, 0.4) is 0 Å². The van der Waals surface area contributed by atoms with Crippen molar-refractivity contribution in [1.82, 2.24) is 10.0 Å². The Kier molecular flexibility index (Phi) is 4.35. The van der Waals surface area contributed by atoms with Crippen molar-refractivity contribution in [3.8, 4) is 0 Å². The van der Waals surface area contributed by atoms with Crippen LogP contribution in [0.25, 0.3) is 0 Å². The lowest BCUT2D eigenvalue weighted by molar-refractivity contribution is 0.636. The molecule has 2 rings (SSSR count). The molecule has 1 heterocycles. The molecule has 1 unspecified atom stereocenters. The fourth-order valence-corrected chi connectivity index (χ4v) is 3.06. The molecule has 0 spiro atoms. The summed E-state index contributed by atoms with van der Waals surface area (Å²) in [6.07, 6.45) is 11.3. The standard InChI is InChI=1S/C14H22N2S/c1-4-12-6-5-11-9-10(2)13(16-17-3)7-8-14(11)15-12/h6,9,13,15-16H,4-5,7-8H2,1-3H3. The van der Waals surface area contributed by atoms with Crippen LogP contribution in [0.15, 0.2) is 34.7 Å². The molecule has 0 bridgehead atoms. The molecule has 0 aromatic heterocycles. The van der Waals surface area contributed by atoms with E-state index in [2.05, 4.69) is 42.3 Å². The maximum absolute atomic E-state index is 3.59. The lowest BCUT2D eigenvalue weighted by Crippen LogP contribution is -2.24. The largest absolute Gasteiger partial charge is 0.362 e. The predicted octanol–water partition coefficient (Wildman–Crippen LogP) is 3.50. The third-order valence-corrected chi connectivity index (χ3v) is 4.06. The number of nitrogens with one attached hydrogen (secondary N) is 2. The molecule has 0 aromatic carbocycles. The van der Waals surface area contributed by atoms with Gasteiger partial charge in [-0.15, -0.1) is 0 Å². The zero-order chi connectivity index (χ0) is 12.3. The van der Waals surface area contributed by atoms with E-state index in [1.54, 1.807) is 11.9 Å². The van der Waals surface area contributed by atoms with Gasteiger partial charge in [0.2, 0.25) is 0 Å². The van der Waals surface area contributed by atoms with E-state index in [0.717, 1.165) is 19.3 Å². The van der Waals surface area contributed by atoms with Crippen molar-refractivity contribution in [3.63, 3.8) is 0 Å². The van der Waals surface area contributed by atoms with Gasteiger partial charge < -0.3 is 5.32 Å². The van der Waals surface area contributed by atoms with Crippen molar-refractivity contribution >= 4 is 11.9 Å². The average Bonchev–Trinajstić information content (AvgIpc) is 2.49. The number of dihydropyridines is 1. The van der Waals surface area contributed by atoms with Gasteiger partial charge in [0.05, 0.1) is 0 Å². The van der Waals surface area contributed by atoms with Gasteiger partial charge in [0, 0.05) is 17.4 Å². The van der Waals surface area contributed by atoms with Crippen molar-refractivity contribution in [3.05, 3.63) is 34.7 Å². The minimum atomic E-state index is 0.516. The summed E-state index contributed by atoms with van der Waals surface area (Å²) in [6, 6.07) is 0.516. The summed E-state index contributed by atoms with van der Waals surface area (Å²) in [7, 11) is 0. The summed E-state index contributed by atoms with van der Waals surface area (Å²) in [4.78, 5) is 0. The molecule has 94 valence electrons. The summed E-state index contributed by atoms with van der Waals surface area (Å²) < 4.78 is 3.49. The fraction of sp³-hybridized carbons (Fsp3) is 0.571. The minimum Gasteiger partial charge on any atom is -0.362 e. The number of hydrogen-bond donors (Lipinski definition) is 2. The Morgan fingerprint density at radius 3 is 3.06 bits per heavy atom. The molecule has 0 saturated heterocycles. The van der Waals surface area contributed by atoms with Crippen molar-refractivity contribution in [2.45, 2.75) is 45.6 Å². The minimum absolute atomic E-state index is 0.516. The fourth-order valence-electron chi connectivity index (χ4n) is 2.47. The Morgan fingerprint density at radius 2 is 2.35 bits per heavy atom. The second kappa shape index (κ2) is 5.78. The quantitative estimate of drug-likeness (QED) is 0.750. The third-order valence-electron chi connectivity index (χ3n) is 3.54. The van der Waals surface area contributed by atoms with Crippen molar-refractivity contribution in [2.75, 3.05) is 6.26 Å². The lowest BCUT2D eigenvalue weighted by Gasteiger charge is -2.20. The van der Waals surface area contributed by atoms with Gasteiger partial charge in [0.1, 0.15) is 0 Å². The normalized spacial score (nSPS) is 24.5. The molecule has 0 fully saturated rings. The smallest absolute Gasteiger partial charge is 0.0385 e. The Balaban J connectivity index is 2.12. The van der Waals surface area contributed by atoms with Crippen molar-refractivity contribution in [1.29, 1.82) is 0 Å². The maximum Gasteiger partial charge on any atom is 0.0385 e. The SMILES string of the molecule is CCC1=CCC2=C(CCC(NSC)C(C)=C2)N1. The van der Waals surface area contributed by atoms with Crippen molar-refractivity contribution < 1.29 is 0 Å². The van der Waals surface area contributed by atoms with Gasteiger partial charge in [0.15, 0.2) is 0 Å². The first kappa shape index (κ1) is 12.8. The first-order chi connectivity index (χ1) is 8.24. The number of hydrogen-bond acceptors (Lipinski definition) is 3. The van der Waals surface area contributed by atoms with E-state index in [1.165, 1.54) is 29.0 Å². The van der Waals surface area contributed by atoms with Gasteiger partial charge in [-0.25, -0.2) is 0 Å². The summed E-state index contributed by atoms with van der Waals surface area (Å²) in [6.45, 7) is 4.45. The van der Waals surface area contributed by atoms with Crippen LogP contribution < -0.4 is 10.0 Å². The van der Waals surface area contributed by atoms with Crippen LogP contribution in [0.5, 0.6) is 0 Å². The lowest BCUT2D eigenvalue weighted by atomic mass is 10.0. The molecule has 1 aliphatic carbocycles. The van der Waals surface area contributed by atoms with Crippen LogP contribution in [-0.2, 0) is 0 Å². The molecule has 1 atom stereocenters. The summed E-state index contributed by atoms with van der Waals surface area (Å²) in [5, 5.41) is 3.59. The first-order valence-corrected chi connectivity index (χ1v) is 7.61.